The molecule has 1 unspecified atom stereocenters. The summed E-state index contributed by atoms with van der Waals surface area (Å²) in [6.07, 6.45) is 0.414. The summed E-state index contributed by atoms with van der Waals surface area (Å²) in [6.45, 7) is 1.04. The second kappa shape index (κ2) is 5.69. The maximum absolute atomic E-state index is 13.2. The maximum Gasteiger partial charge on any atom is 0.161 e. The fraction of sp³-hybridized carbons (Fsp3) is 0.250. The predicted molar refractivity (Wildman–Crippen MR) is 74.4 cm³/mol. The van der Waals surface area contributed by atoms with E-state index in [4.69, 9.17) is 15.2 Å². The Morgan fingerprint density at radius 2 is 1.71 bits per heavy atom. The van der Waals surface area contributed by atoms with E-state index in [-0.39, 0.29) is 6.04 Å². The lowest BCUT2D eigenvalue weighted by atomic mass is 9.99. The Hall–Kier alpha value is -2.14. The average Bonchev–Trinajstić information content (AvgIpc) is 2.50. The fourth-order valence-corrected chi connectivity index (χ4v) is 2.33. The van der Waals surface area contributed by atoms with E-state index >= 15 is 0 Å². The molecule has 5 heteroatoms. The Morgan fingerprint density at radius 1 is 0.952 bits per heavy atom. The number of nitrogens with two attached hydrogens (primary N) is 1. The molecule has 1 aliphatic heterocycles. The predicted octanol–water partition coefficient (Wildman–Crippen LogP) is 2.98. The summed E-state index contributed by atoms with van der Waals surface area (Å²) in [6, 6.07) is 9.00. The minimum Gasteiger partial charge on any atom is -0.486 e. The quantitative estimate of drug-likeness (QED) is 0.945. The molecule has 1 heterocycles. The van der Waals surface area contributed by atoms with Gasteiger partial charge in [-0.25, -0.2) is 8.78 Å². The van der Waals surface area contributed by atoms with E-state index in [1.54, 1.807) is 0 Å². The van der Waals surface area contributed by atoms with Crippen LogP contribution in [-0.4, -0.2) is 13.2 Å². The lowest BCUT2D eigenvalue weighted by Gasteiger charge is -2.20. The van der Waals surface area contributed by atoms with E-state index in [2.05, 4.69) is 0 Å². The van der Waals surface area contributed by atoms with Gasteiger partial charge in [0.1, 0.15) is 13.2 Å². The molecule has 1 aliphatic rings. The van der Waals surface area contributed by atoms with Gasteiger partial charge in [0.05, 0.1) is 0 Å². The molecular formula is C16H15F2NO2. The third kappa shape index (κ3) is 2.97. The molecule has 2 aromatic carbocycles. The highest BCUT2D eigenvalue weighted by Crippen LogP contribution is 2.32. The Bertz CT molecular complexity index is 661. The van der Waals surface area contributed by atoms with Crippen molar-refractivity contribution in [2.24, 2.45) is 5.73 Å². The number of ether oxygens (including phenoxy) is 2. The van der Waals surface area contributed by atoms with Crippen LogP contribution in [0.4, 0.5) is 8.78 Å². The van der Waals surface area contributed by atoms with Gasteiger partial charge in [-0.2, -0.15) is 0 Å². The molecular weight excluding hydrogens is 276 g/mol. The van der Waals surface area contributed by atoms with Crippen molar-refractivity contribution in [2.45, 2.75) is 12.5 Å². The molecule has 0 saturated heterocycles. The Kier molecular flexibility index (Phi) is 3.75. The molecule has 0 radical (unpaired) electrons. The fourth-order valence-electron chi connectivity index (χ4n) is 2.33. The molecule has 1 atom stereocenters. The van der Waals surface area contributed by atoms with Crippen molar-refractivity contribution < 1.29 is 18.3 Å². The summed E-state index contributed by atoms with van der Waals surface area (Å²) in [5.41, 5.74) is 7.65. The number of halogens is 2. The van der Waals surface area contributed by atoms with E-state index in [1.807, 2.05) is 18.2 Å². The first kappa shape index (κ1) is 13.8. The summed E-state index contributed by atoms with van der Waals surface area (Å²) in [7, 11) is 0. The van der Waals surface area contributed by atoms with Crippen molar-refractivity contribution in [3.05, 3.63) is 59.2 Å². The largest absolute Gasteiger partial charge is 0.486 e. The van der Waals surface area contributed by atoms with Crippen LogP contribution in [0.15, 0.2) is 36.4 Å². The first-order valence-corrected chi connectivity index (χ1v) is 6.72. The zero-order valence-corrected chi connectivity index (χ0v) is 11.3. The van der Waals surface area contributed by atoms with Crippen molar-refractivity contribution in [2.75, 3.05) is 13.2 Å². The van der Waals surface area contributed by atoms with Gasteiger partial charge in [0.15, 0.2) is 23.1 Å². The van der Waals surface area contributed by atoms with E-state index in [1.165, 1.54) is 12.1 Å². The van der Waals surface area contributed by atoms with E-state index in [9.17, 15) is 8.78 Å². The van der Waals surface area contributed by atoms with Crippen LogP contribution in [0.2, 0.25) is 0 Å². The number of hydrogen-bond donors (Lipinski definition) is 1. The van der Waals surface area contributed by atoms with Gasteiger partial charge >= 0.3 is 0 Å². The Morgan fingerprint density at radius 3 is 2.48 bits per heavy atom. The normalized spacial score (nSPS) is 14.8. The number of benzene rings is 2. The molecule has 21 heavy (non-hydrogen) atoms. The van der Waals surface area contributed by atoms with Crippen molar-refractivity contribution in [1.82, 2.24) is 0 Å². The first-order valence-electron chi connectivity index (χ1n) is 6.72. The van der Waals surface area contributed by atoms with Crippen LogP contribution in [0.5, 0.6) is 11.5 Å². The van der Waals surface area contributed by atoms with Crippen LogP contribution in [0.25, 0.3) is 0 Å². The van der Waals surface area contributed by atoms with Gasteiger partial charge in [0.2, 0.25) is 0 Å². The smallest absolute Gasteiger partial charge is 0.161 e. The highest BCUT2D eigenvalue weighted by molar-refractivity contribution is 5.44. The Labute approximate surface area is 121 Å². The van der Waals surface area contributed by atoms with Gasteiger partial charge in [0.25, 0.3) is 0 Å². The zero-order chi connectivity index (χ0) is 14.8. The summed E-state index contributed by atoms with van der Waals surface area (Å²) in [5, 5.41) is 0. The number of hydrogen-bond acceptors (Lipinski definition) is 3. The molecule has 3 nitrogen and oxygen atoms in total. The number of fused-ring (bicyclic) bond motifs is 1. The van der Waals surface area contributed by atoms with Crippen LogP contribution >= 0.6 is 0 Å². The Balaban J connectivity index is 1.78. The van der Waals surface area contributed by atoms with Crippen LogP contribution < -0.4 is 15.2 Å². The van der Waals surface area contributed by atoms with Gasteiger partial charge in [-0.3, -0.25) is 0 Å². The molecule has 0 fully saturated rings. The molecule has 3 rings (SSSR count). The molecule has 0 saturated carbocycles. The van der Waals surface area contributed by atoms with Gasteiger partial charge in [-0.1, -0.05) is 12.1 Å². The van der Waals surface area contributed by atoms with Crippen LogP contribution in [-0.2, 0) is 6.42 Å². The van der Waals surface area contributed by atoms with Gasteiger partial charge < -0.3 is 15.2 Å². The van der Waals surface area contributed by atoms with Crippen molar-refractivity contribution in [1.29, 1.82) is 0 Å². The van der Waals surface area contributed by atoms with Gasteiger partial charge in [0, 0.05) is 6.04 Å². The molecule has 0 spiro atoms. The topological polar surface area (TPSA) is 44.5 Å². The van der Waals surface area contributed by atoms with Gasteiger partial charge in [-0.05, 0) is 41.8 Å². The summed E-state index contributed by atoms with van der Waals surface area (Å²) < 4.78 is 37.1. The van der Waals surface area contributed by atoms with Crippen molar-refractivity contribution in [3.63, 3.8) is 0 Å². The zero-order valence-electron chi connectivity index (χ0n) is 11.3. The lowest BCUT2D eigenvalue weighted by molar-refractivity contribution is 0.171. The van der Waals surface area contributed by atoms with E-state index in [0.29, 0.717) is 36.7 Å². The third-order valence-corrected chi connectivity index (χ3v) is 3.43. The molecule has 0 amide bonds. The SMILES string of the molecule is NC(Cc1ccc(F)c(F)c1)c1ccc2c(c1)OCCO2. The van der Waals surface area contributed by atoms with Crippen molar-refractivity contribution >= 4 is 0 Å². The summed E-state index contributed by atoms with van der Waals surface area (Å²) in [4.78, 5) is 0. The second-order valence-electron chi connectivity index (χ2n) is 4.96. The molecule has 2 N–H and O–H groups in total. The molecule has 110 valence electrons. The van der Waals surface area contributed by atoms with Gasteiger partial charge in [-0.15, -0.1) is 0 Å². The van der Waals surface area contributed by atoms with E-state index < -0.39 is 11.6 Å². The van der Waals surface area contributed by atoms with E-state index in [0.717, 1.165) is 11.6 Å². The highest BCUT2D eigenvalue weighted by atomic mass is 19.2. The van der Waals surface area contributed by atoms with Crippen LogP contribution in [0.3, 0.4) is 0 Å². The molecule has 0 aromatic heterocycles. The summed E-state index contributed by atoms with van der Waals surface area (Å²) >= 11 is 0. The minimum atomic E-state index is -0.859. The molecule has 0 aliphatic carbocycles. The van der Waals surface area contributed by atoms with Crippen LogP contribution in [0, 0.1) is 11.6 Å². The second-order valence-corrected chi connectivity index (χ2v) is 4.96. The minimum absolute atomic E-state index is 0.328. The highest BCUT2D eigenvalue weighted by Gasteiger charge is 2.15. The first-order chi connectivity index (χ1) is 10.1. The van der Waals surface area contributed by atoms with Crippen molar-refractivity contribution in [3.8, 4) is 11.5 Å². The summed E-state index contributed by atoms with van der Waals surface area (Å²) in [5.74, 6) is -0.349. The lowest BCUT2D eigenvalue weighted by Crippen LogP contribution is -2.17. The maximum atomic E-state index is 13.2. The number of rotatable bonds is 3. The van der Waals surface area contributed by atoms with Crippen LogP contribution in [0.1, 0.15) is 17.2 Å². The molecule has 2 aromatic rings. The average molecular weight is 291 g/mol. The monoisotopic (exact) mass is 291 g/mol. The standard InChI is InChI=1S/C16H15F2NO2/c17-12-3-1-10(7-13(12)18)8-14(19)11-2-4-15-16(9-11)21-6-5-20-15/h1-4,7,9,14H,5-6,8,19H2. The third-order valence-electron chi connectivity index (χ3n) is 3.43. The molecule has 0 bridgehead atoms.